The lowest BCUT2D eigenvalue weighted by atomic mass is 10.2. The number of fused-ring (bicyclic) bond motifs is 1. The molecule has 0 bridgehead atoms. The van der Waals surface area contributed by atoms with Gasteiger partial charge in [-0.05, 0) is 39.0 Å². The molecular weight excluding hydrogens is 374 g/mol. The third kappa shape index (κ3) is 5.07. The number of ether oxygens (including phenoxy) is 3. The van der Waals surface area contributed by atoms with Gasteiger partial charge in [-0.2, -0.15) is 0 Å². The number of hydrogen-bond donors (Lipinski definition) is 2. The third-order valence-electron chi connectivity index (χ3n) is 4.90. The highest BCUT2D eigenvalue weighted by Crippen LogP contribution is 2.31. The molecule has 8 heteroatoms. The second kappa shape index (κ2) is 9.28. The standard InChI is InChI=1S/C21H29N3O5/c1-5-28-21(26)20-19(16-10-15(27-4)6-7-17(16)22-20)23-18(25)8-9-24-11-13(2)29-14(3)12-24/h6-7,10,13-14,22H,5,8-9,11-12H2,1-4H3,(H,23,25)/t13-,14-/m1/s1. The summed E-state index contributed by atoms with van der Waals surface area (Å²) in [5.41, 5.74) is 1.38. The number of carbonyl (C=O) groups is 2. The Morgan fingerprint density at radius 3 is 2.66 bits per heavy atom. The van der Waals surface area contributed by atoms with Crippen LogP contribution in [0.5, 0.6) is 5.75 Å². The number of carbonyl (C=O) groups excluding carboxylic acids is 2. The lowest BCUT2D eigenvalue weighted by Gasteiger charge is -2.35. The smallest absolute Gasteiger partial charge is 0.356 e. The monoisotopic (exact) mass is 403 g/mol. The molecule has 1 aliphatic rings. The lowest BCUT2D eigenvalue weighted by molar-refractivity contribution is -0.117. The third-order valence-corrected chi connectivity index (χ3v) is 4.90. The number of benzene rings is 1. The second-order valence-electron chi connectivity index (χ2n) is 7.32. The maximum atomic E-state index is 12.7. The maximum absolute atomic E-state index is 12.7. The van der Waals surface area contributed by atoms with Gasteiger partial charge in [-0.15, -0.1) is 0 Å². The summed E-state index contributed by atoms with van der Waals surface area (Å²) < 4.78 is 16.2. The van der Waals surface area contributed by atoms with E-state index in [-0.39, 0.29) is 30.4 Å². The first-order chi connectivity index (χ1) is 13.9. The van der Waals surface area contributed by atoms with E-state index >= 15 is 0 Å². The number of nitrogens with one attached hydrogen (secondary N) is 2. The molecule has 1 amide bonds. The minimum Gasteiger partial charge on any atom is -0.497 e. The predicted molar refractivity (Wildman–Crippen MR) is 111 cm³/mol. The maximum Gasteiger partial charge on any atom is 0.356 e. The molecular formula is C21H29N3O5. The van der Waals surface area contributed by atoms with Gasteiger partial charge in [-0.3, -0.25) is 9.69 Å². The molecule has 29 heavy (non-hydrogen) atoms. The van der Waals surface area contributed by atoms with Crippen LogP contribution >= 0.6 is 0 Å². The summed E-state index contributed by atoms with van der Waals surface area (Å²) in [6.07, 6.45) is 0.620. The minimum absolute atomic E-state index is 0.151. The van der Waals surface area contributed by atoms with Crippen LogP contribution in [0.15, 0.2) is 18.2 Å². The Kier molecular flexibility index (Phi) is 6.76. The van der Waals surface area contributed by atoms with Crippen molar-refractivity contribution in [3.63, 3.8) is 0 Å². The van der Waals surface area contributed by atoms with Gasteiger partial charge in [-0.25, -0.2) is 4.79 Å². The Balaban J connectivity index is 1.77. The zero-order valence-electron chi connectivity index (χ0n) is 17.4. The first-order valence-electron chi connectivity index (χ1n) is 9.95. The van der Waals surface area contributed by atoms with E-state index in [1.54, 1.807) is 26.2 Å². The average Bonchev–Trinajstić information content (AvgIpc) is 3.03. The fraction of sp³-hybridized carbons (Fsp3) is 0.524. The number of methoxy groups -OCH3 is 1. The van der Waals surface area contributed by atoms with Crippen molar-refractivity contribution in [2.75, 3.05) is 38.7 Å². The van der Waals surface area contributed by atoms with E-state index in [2.05, 4.69) is 15.2 Å². The average molecular weight is 403 g/mol. The van der Waals surface area contributed by atoms with E-state index in [9.17, 15) is 9.59 Å². The van der Waals surface area contributed by atoms with Crippen LogP contribution in [0.3, 0.4) is 0 Å². The summed E-state index contributed by atoms with van der Waals surface area (Å²) in [5.74, 6) is -0.0291. The molecule has 1 aromatic carbocycles. The van der Waals surface area contributed by atoms with E-state index in [0.717, 1.165) is 18.6 Å². The van der Waals surface area contributed by atoms with Gasteiger partial charge in [0, 0.05) is 37.0 Å². The van der Waals surface area contributed by atoms with Crippen LogP contribution in [-0.2, 0) is 14.3 Å². The first kappa shape index (κ1) is 21.1. The van der Waals surface area contributed by atoms with Gasteiger partial charge < -0.3 is 24.5 Å². The van der Waals surface area contributed by atoms with Crippen molar-refractivity contribution in [1.29, 1.82) is 0 Å². The summed E-state index contributed by atoms with van der Waals surface area (Å²) in [5, 5.41) is 3.60. The number of aromatic nitrogens is 1. The molecule has 0 radical (unpaired) electrons. The summed E-state index contributed by atoms with van der Waals surface area (Å²) >= 11 is 0. The van der Waals surface area contributed by atoms with Crippen LogP contribution in [-0.4, -0.2) is 67.3 Å². The number of hydrogen-bond acceptors (Lipinski definition) is 6. The lowest BCUT2D eigenvalue weighted by Crippen LogP contribution is -2.46. The normalized spacial score (nSPS) is 19.9. The molecule has 1 fully saturated rings. The van der Waals surface area contributed by atoms with E-state index in [0.29, 0.717) is 29.8 Å². The van der Waals surface area contributed by atoms with Gasteiger partial charge in [0.1, 0.15) is 11.4 Å². The van der Waals surface area contributed by atoms with Crippen molar-refractivity contribution in [1.82, 2.24) is 9.88 Å². The summed E-state index contributed by atoms with van der Waals surface area (Å²) in [4.78, 5) is 30.3. The number of amides is 1. The molecule has 1 aromatic heterocycles. The predicted octanol–water partition coefficient (Wildman–Crippen LogP) is 2.79. The molecule has 2 atom stereocenters. The van der Waals surface area contributed by atoms with E-state index in [4.69, 9.17) is 14.2 Å². The number of aromatic amines is 1. The van der Waals surface area contributed by atoms with Crippen molar-refractivity contribution in [2.45, 2.75) is 39.4 Å². The molecule has 2 heterocycles. The fourth-order valence-corrected chi connectivity index (χ4v) is 3.71. The zero-order valence-corrected chi connectivity index (χ0v) is 17.4. The van der Waals surface area contributed by atoms with Crippen molar-refractivity contribution in [3.8, 4) is 5.75 Å². The van der Waals surface area contributed by atoms with Gasteiger partial charge in [0.25, 0.3) is 0 Å². The molecule has 0 aliphatic carbocycles. The van der Waals surface area contributed by atoms with Crippen molar-refractivity contribution < 1.29 is 23.8 Å². The Morgan fingerprint density at radius 1 is 1.28 bits per heavy atom. The number of nitrogens with zero attached hydrogens (tertiary/aromatic N) is 1. The van der Waals surface area contributed by atoms with Crippen LogP contribution < -0.4 is 10.1 Å². The van der Waals surface area contributed by atoms with E-state index in [1.165, 1.54) is 0 Å². The molecule has 2 N–H and O–H groups in total. The Morgan fingerprint density at radius 2 is 2.00 bits per heavy atom. The molecule has 158 valence electrons. The van der Waals surface area contributed by atoms with Crippen molar-refractivity contribution in [3.05, 3.63) is 23.9 Å². The number of rotatable bonds is 7. The largest absolute Gasteiger partial charge is 0.497 e. The highest BCUT2D eigenvalue weighted by molar-refractivity contribution is 6.11. The van der Waals surface area contributed by atoms with Gasteiger partial charge in [-0.1, -0.05) is 0 Å². The molecule has 0 unspecified atom stereocenters. The fourth-order valence-electron chi connectivity index (χ4n) is 3.71. The van der Waals surface area contributed by atoms with Crippen LogP contribution in [0.25, 0.3) is 10.9 Å². The second-order valence-corrected chi connectivity index (χ2v) is 7.32. The number of esters is 1. The van der Waals surface area contributed by atoms with Gasteiger partial charge in [0.05, 0.1) is 31.6 Å². The number of morpholine rings is 1. The van der Waals surface area contributed by atoms with Gasteiger partial charge >= 0.3 is 5.97 Å². The van der Waals surface area contributed by atoms with E-state index in [1.807, 2.05) is 19.9 Å². The summed E-state index contributed by atoms with van der Waals surface area (Å²) in [6, 6.07) is 5.39. The minimum atomic E-state index is -0.506. The van der Waals surface area contributed by atoms with Crippen LogP contribution in [0, 0.1) is 0 Å². The highest BCUT2D eigenvalue weighted by atomic mass is 16.5. The Bertz CT molecular complexity index is 869. The Hall–Kier alpha value is -2.58. The highest BCUT2D eigenvalue weighted by Gasteiger charge is 2.24. The van der Waals surface area contributed by atoms with E-state index < -0.39 is 5.97 Å². The van der Waals surface area contributed by atoms with Crippen molar-refractivity contribution in [2.24, 2.45) is 0 Å². The number of anilines is 1. The van der Waals surface area contributed by atoms with Gasteiger partial charge in [0.15, 0.2) is 0 Å². The molecule has 0 spiro atoms. The topological polar surface area (TPSA) is 92.9 Å². The molecule has 8 nitrogen and oxygen atoms in total. The molecule has 0 saturated carbocycles. The first-order valence-corrected chi connectivity index (χ1v) is 9.95. The molecule has 3 rings (SSSR count). The van der Waals surface area contributed by atoms with Crippen LogP contribution in [0.4, 0.5) is 5.69 Å². The van der Waals surface area contributed by atoms with Gasteiger partial charge in [0.2, 0.25) is 5.91 Å². The molecule has 2 aromatic rings. The SMILES string of the molecule is CCOC(=O)c1[nH]c2ccc(OC)cc2c1NC(=O)CCN1C[C@@H](C)O[C@H](C)C1. The van der Waals surface area contributed by atoms with Crippen molar-refractivity contribution >= 4 is 28.5 Å². The summed E-state index contributed by atoms with van der Waals surface area (Å²) in [7, 11) is 1.57. The molecule has 1 saturated heterocycles. The Labute approximate surface area is 170 Å². The molecule has 1 aliphatic heterocycles. The summed E-state index contributed by atoms with van der Waals surface area (Å²) in [6.45, 7) is 8.29. The quantitative estimate of drug-likeness (QED) is 0.691. The zero-order chi connectivity index (χ0) is 21.0. The van der Waals surface area contributed by atoms with Crippen LogP contribution in [0.2, 0.25) is 0 Å². The number of H-pyrrole nitrogens is 1. The van der Waals surface area contributed by atoms with Crippen LogP contribution in [0.1, 0.15) is 37.7 Å².